The third-order valence-corrected chi connectivity index (χ3v) is 5.21. The summed E-state index contributed by atoms with van der Waals surface area (Å²) in [6.45, 7) is 2.54. The van der Waals surface area contributed by atoms with E-state index >= 15 is 0 Å². The maximum absolute atomic E-state index is 11.7. The summed E-state index contributed by atoms with van der Waals surface area (Å²) in [6.07, 6.45) is 3.08. The Morgan fingerprint density at radius 3 is 2.44 bits per heavy atom. The Hall–Kier alpha value is -4.19. The molecular weight excluding hydrogens is 432 g/mol. The lowest BCUT2D eigenvalue weighted by atomic mass is 10.1. The van der Waals surface area contributed by atoms with E-state index in [2.05, 4.69) is 0 Å². The Labute approximate surface area is 198 Å². The van der Waals surface area contributed by atoms with Gasteiger partial charge in [-0.2, -0.15) is 0 Å². The molecule has 6 nitrogen and oxygen atoms in total. The van der Waals surface area contributed by atoms with Gasteiger partial charge in [0.05, 0.1) is 20.8 Å². The zero-order valence-electron chi connectivity index (χ0n) is 19.4. The van der Waals surface area contributed by atoms with E-state index in [1.165, 1.54) is 6.08 Å². The highest BCUT2D eigenvalue weighted by molar-refractivity contribution is 5.92. The van der Waals surface area contributed by atoms with Crippen molar-refractivity contribution in [1.82, 2.24) is 0 Å². The number of ether oxygens (including phenoxy) is 4. The van der Waals surface area contributed by atoms with Crippen molar-refractivity contribution in [2.24, 2.45) is 0 Å². The number of benzene rings is 3. The van der Waals surface area contributed by atoms with Crippen molar-refractivity contribution in [2.75, 3.05) is 20.8 Å². The van der Waals surface area contributed by atoms with Crippen molar-refractivity contribution in [3.05, 3.63) is 83.9 Å². The molecule has 34 heavy (non-hydrogen) atoms. The molecule has 0 radical (unpaired) electrons. The number of esters is 1. The van der Waals surface area contributed by atoms with Crippen LogP contribution in [0.2, 0.25) is 0 Å². The number of fused-ring (bicyclic) bond motifs is 1. The molecule has 0 atom stereocenters. The maximum Gasteiger partial charge on any atom is 0.330 e. The Balaban J connectivity index is 1.61. The molecule has 3 aromatic carbocycles. The molecule has 0 saturated carbocycles. The number of hydrogen-bond donors (Lipinski definition) is 0. The number of carbonyl (C=O) groups is 1. The van der Waals surface area contributed by atoms with Crippen LogP contribution >= 0.6 is 0 Å². The smallest absolute Gasteiger partial charge is 0.330 e. The van der Waals surface area contributed by atoms with Crippen LogP contribution in [-0.2, 0) is 16.1 Å². The standard InChI is InChI=1S/C28H26O6/c1-4-32-27(29)13-10-20-14-22-17-24(34-28(22)26(15-20)31-3)21-11-12-23(25(16-21)30-2)33-18-19-8-6-5-7-9-19/h5-17H,4,18H2,1-3H3/b13-10+. The van der Waals surface area contributed by atoms with Gasteiger partial charge in [-0.15, -0.1) is 0 Å². The zero-order valence-corrected chi connectivity index (χ0v) is 19.4. The zero-order chi connectivity index (χ0) is 23.9. The van der Waals surface area contributed by atoms with Crippen LogP contribution in [0.5, 0.6) is 17.2 Å². The molecule has 1 heterocycles. The van der Waals surface area contributed by atoms with Crippen molar-refractivity contribution >= 4 is 23.0 Å². The highest BCUT2D eigenvalue weighted by Gasteiger charge is 2.14. The molecule has 0 spiro atoms. The van der Waals surface area contributed by atoms with E-state index in [1.54, 1.807) is 27.2 Å². The SMILES string of the molecule is CCOC(=O)/C=C/c1cc(OC)c2oc(-c3ccc(OCc4ccccc4)c(OC)c3)cc2c1. The Morgan fingerprint density at radius 2 is 1.71 bits per heavy atom. The molecule has 0 aliphatic rings. The molecule has 4 aromatic rings. The molecule has 6 heteroatoms. The summed E-state index contributed by atoms with van der Waals surface area (Å²) >= 11 is 0. The summed E-state index contributed by atoms with van der Waals surface area (Å²) in [5.41, 5.74) is 3.33. The predicted octanol–water partition coefficient (Wildman–Crippen LogP) is 6.27. The first-order valence-electron chi connectivity index (χ1n) is 10.9. The van der Waals surface area contributed by atoms with E-state index in [4.69, 9.17) is 23.4 Å². The highest BCUT2D eigenvalue weighted by Crippen LogP contribution is 2.38. The van der Waals surface area contributed by atoms with Gasteiger partial charge in [0.25, 0.3) is 0 Å². The number of hydrogen-bond acceptors (Lipinski definition) is 6. The maximum atomic E-state index is 11.7. The van der Waals surface area contributed by atoms with Crippen LogP contribution in [0.3, 0.4) is 0 Å². The van der Waals surface area contributed by atoms with Crippen molar-refractivity contribution in [2.45, 2.75) is 13.5 Å². The molecule has 0 unspecified atom stereocenters. The predicted molar refractivity (Wildman–Crippen MR) is 131 cm³/mol. The monoisotopic (exact) mass is 458 g/mol. The summed E-state index contributed by atoms with van der Waals surface area (Å²) in [5, 5.41) is 0.848. The fourth-order valence-corrected chi connectivity index (χ4v) is 3.56. The first-order chi connectivity index (χ1) is 16.6. The minimum Gasteiger partial charge on any atom is -0.493 e. The number of furan rings is 1. The van der Waals surface area contributed by atoms with Crippen molar-refractivity contribution in [3.63, 3.8) is 0 Å². The van der Waals surface area contributed by atoms with Crippen LogP contribution in [0, 0.1) is 0 Å². The van der Waals surface area contributed by atoms with Crippen LogP contribution in [0.15, 0.2) is 77.2 Å². The van der Waals surface area contributed by atoms with Gasteiger partial charge in [0, 0.05) is 17.0 Å². The normalized spacial score (nSPS) is 11.0. The second kappa shape index (κ2) is 10.6. The summed E-state index contributed by atoms with van der Waals surface area (Å²) in [6, 6.07) is 21.3. The van der Waals surface area contributed by atoms with E-state index in [0.29, 0.717) is 41.8 Å². The lowest BCUT2D eigenvalue weighted by Gasteiger charge is -2.11. The molecule has 0 aliphatic carbocycles. The third-order valence-electron chi connectivity index (χ3n) is 5.21. The first-order valence-corrected chi connectivity index (χ1v) is 10.9. The van der Waals surface area contributed by atoms with Crippen molar-refractivity contribution < 1.29 is 28.2 Å². The van der Waals surface area contributed by atoms with E-state index in [1.807, 2.05) is 66.7 Å². The van der Waals surface area contributed by atoms with Gasteiger partial charge < -0.3 is 23.4 Å². The van der Waals surface area contributed by atoms with E-state index in [9.17, 15) is 4.79 Å². The topological polar surface area (TPSA) is 67.1 Å². The van der Waals surface area contributed by atoms with Gasteiger partial charge in [-0.1, -0.05) is 30.3 Å². The molecule has 0 saturated heterocycles. The Bertz CT molecular complexity index is 1300. The molecule has 1 aromatic heterocycles. The van der Waals surface area contributed by atoms with Crippen LogP contribution in [0.1, 0.15) is 18.1 Å². The second-order valence-electron chi connectivity index (χ2n) is 7.48. The van der Waals surface area contributed by atoms with Gasteiger partial charge in [0.1, 0.15) is 12.4 Å². The third kappa shape index (κ3) is 5.23. The minimum absolute atomic E-state index is 0.330. The van der Waals surface area contributed by atoms with Gasteiger partial charge in [-0.3, -0.25) is 0 Å². The Morgan fingerprint density at radius 1 is 0.912 bits per heavy atom. The number of methoxy groups -OCH3 is 2. The molecule has 0 N–H and O–H groups in total. The molecular formula is C28H26O6. The number of rotatable bonds is 9. The molecule has 0 bridgehead atoms. The van der Waals surface area contributed by atoms with E-state index < -0.39 is 5.97 Å². The van der Waals surface area contributed by atoms with Gasteiger partial charge in [-0.25, -0.2) is 4.79 Å². The van der Waals surface area contributed by atoms with E-state index in [-0.39, 0.29) is 0 Å². The summed E-state index contributed by atoms with van der Waals surface area (Å²) in [5.74, 6) is 2.10. The largest absolute Gasteiger partial charge is 0.493 e. The molecule has 174 valence electrons. The van der Waals surface area contributed by atoms with Gasteiger partial charge in [0.2, 0.25) is 0 Å². The fraction of sp³-hybridized carbons (Fsp3) is 0.179. The number of carbonyl (C=O) groups excluding carboxylic acids is 1. The summed E-state index contributed by atoms with van der Waals surface area (Å²) in [4.78, 5) is 11.7. The average molecular weight is 459 g/mol. The van der Waals surface area contributed by atoms with E-state index in [0.717, 1.165) is 22.1 Å². The fourth-order valence-electron chi connectivity index (χ4n) is 3.56. The van der Waals surface area contributed by atoms with Gasteiger partial charge in [0.15, 0.2) is 22.8 Å². The highest BCUT2D eigenvalue weighted by atomic mass is 16.5. The lowest BCUT2D eigenvalue weighted by Crippen LogP contribution is -1.98. The Kier molecular flexibility index (Phi) is 7.18. The van der Waals surface area contributed by atoms with Gasteiger partial charge in [-0.05, 0) is 60.5 Å². The summed E-state index contributed by atoms with van der Waals surface area (Å²) in [7, 11) is 3.19. The minimum atomic E-state index is -0.392. The van der Waals surface area contributed by atoms with Crippen LogP contribution in [0.25, 0.3) is 28.4 Å². The summed E-state index contributed by atoms with van der Waals surface area (Å²) < 4.78 is 28.1. The van der Waals surface area contributed by atoms with Crippen LogP contribution < -0.4 is 14.2 Å². The first kappa shape index (κ1) is 23.0. The molecule has 4 rings (SSSR count). The molecule has 0 fully saturated rings. The average Bonchev–Trinajstić information content (AvgIpc) is 3.30. The molecule has 0 amide bonds. The second-order valence-corrected chi connectivity index (χ2v) is 7.48. The lowest BCUT2D eigenvalue weighted by molar-refractivity contribution is -0.137. The van der Waals surface area contributed by atoms with Crippen LogP contribution in [0.4, 0.5) is 0 Å². The molecule has 0 aliphatic heterocycles. The quantitative estimate of drug-likeness (QED) is 0.217. The van der Waals surface area contributed by atoms with Crippen LogP contribution in [-0.4, -0.2) is 26.8 Å². The van der Waals surface area contributed by atoms with Crippen molar-refractivity contribution in [1.29, 1.82) is 0 Å². The van der Waals surface area contributed by atoms with Gasteiger partial charge >= 0.3 is 5.97 Å². The van der Waals surface area contributed by atoms with Crippen molar-refractivity contribution in [3.8, 4) is 28.6 Å².